The van der Waals surface area contributed by atoms with Gasteiger partial charge in [0, 0.05) is 17.5 Å². The van der Waals surface area contributed by atoms with Gasteiger partial charge in [0.05, 0.1) is 0 Å². The standard InChI is InChI=1S/C9H12N2O2S2/c1-15(12,13)8-6-4-2-3-5-7(6)10-9(14)11-8/h2-5H2,1H3,(H,10,11,14). The van der Waals surface area contributed by atoms with E-state index in [1.54, 1.807) is 0 Å². The number of hydrogen-bond donors (Lipinski definition) is 1. The second kappa shape index (κ2) is 3.68. The zero-order valence-electron chi connectivity index (χ0n) is 8.41. The van der Waals surface area contributed by atoms with Gasteiger partial charge in [-0.1, -0.05) is 0 Å². The first-order valence-corrected chi connectivity index (χ1v) is 7.10. The molecule has 1 aromatic rings. The molecular weight excluding hydrogens is 232 g/mol. The molecule has 1 N–H and O–H groups in total. The molecule has 2 rings (SSSR count). The highest BCUT2D eigenvalue weighted by molar-refractivity contribution is 7.90. The van der Waals surface area contributed by atoms with Crippen molar-refractivity contribution in [3.05, 3.63) is 16.0 Å². The highest BCUT2D eigenvalue weighted by atomic mass is 32.2. The molecule has 0 bridgehead atoms. The van der Waals surface area contributed by atoms with E-state index in [0.29, 0.717) is 0 Å². The van der Waals surface area contributed by atoms with Crippen molar-refractivity contribution in [1.29, 1.82) is 0 Å². The summed E-state index contributed by atoms with van der Waals surface area (Å²) in [7, 11) is -3.26. The highest BCUT2D eigenvalue weighted by Crippen LogP contribution is 2.24. The predicted octanol–water partition coefficient (Wildman–Crippen LogP) is 1.42. The maximum Gasteiger partial charge on any atom is 0.198 e. The number of nitrogens with one attached hydrogen (secondary N) is 1. The van der Waals surface area contributed by atoms with Gasteiger partial charge in [0.25, 0.3) is 0 Å². The summed E-state index contributed by atoms with van der Waals surface area (Å²) >= 11 is 4.92. The average Bonchev–Trinajstić information content (AvgIpc) is 2.15. The van der Waals surface area contributed by atoms with Crippen LogP contribution in [0, 0.1) is 4.77 Å². The third-order valence-corrected chi connectivity index (χ3v) is 3.77. The van der Waals surface area contributed by atoms with Gasteiger partial charge in [0.15, 0.2) is 19.6 Å². The number of fused-ring (bicyclic) bond motifs is 1. The van der Waals surface area contributed by atoms with Gasteiger partial charge in [-0.25, -0.2) is 13.4 Å². The van der Waals surface area contributed by atoms with Crippen LogP contribution >= 0.6 is 12.2 Å². The van der Waals surface area contributed by atoms with E-state index in [-0.39, 0.29) is 9.80 Å². The molecule has 4 nitrogen and oxygen atoms in total. The van der Waals surface area contributed by atoms with Gasteiger partial charge < -0.3 is 4.98 Å². The van der Waals surface area contributed by atoms with Crippen molar-refractivity contribution in [3.63, 3.8) is 0 Å². The number of rotatable bonds is 1. The SMILES string of the molecule is CS(=O)(=O)c1nc(=S)[nH]c2c1CCCC2. The molecule has 1 heterocycles. The summed E-state index contributed by atoms with van der Waals surface area (Å²) in [6, 6.07) is 0. The Labute approximate surface area is 93.7 Å². The van der Waals surface area contributed by atoms with E-state index >= 15 is 0 Å². The zero-order valence-corrected chi connectivity index (χ0v) is 10.0. The van der Waals surface area contributed by atoms with Crippen LogP contribution in [-0.4, -0.2) is 24.6 Å². The molecule has 0 unspecified atom stereocenters. The number of nitrogens with zero attached hydrogens (tertiary/aromatic N) is 1. The van der Waals surface area contributed by atoms with E-state index in [0.717, 1.165) is 36.9 Å². The second-order valence-electron chi connectivity index (χ2n) is 3.78. The van der Waals surface area contributed by atoms with Gasteiger partial charge in [-0.2, -0.15) is 0 Å². The normalized spacial score (nSPS) is 16.1. The summed E-state index contributed by atoms with van der Waals surface area (Å²) in [5.41, 5.74) is 1.78. The summed E-state index contributed by atoms with van der Waals surface area (Å²) in [5, 5.41) is 0.168. The fourth-order valence-corrected chi connectivity index (χ4v) is 3.10. The molecule has 0 spiro atoms. The Bertz CT molecular complexity index is 546. The van der Waals surface area contributed by atoms with Crippen LogP contribution in [0.4, 0.5) is 0 Å². The molecule has 0 atom stereocenters. The van der Waals surface area contributed by atoms with Gasteiger partial charge in [-0.15, -0.1) is 0 Å². The molecule has 6 heteroatoms. The second-order valence-corrected chi connectivity index (χ2v) is 6.10. The topological polar surface area (TPSA) is 62.8 Å². The van der Waals surface area contributed by atoms with Crippen molar-refractivity contribution in [3.8, 4) is 0 Å². The molecular formula is C9H12N2O2S2. The van der Waals surface area contributed by atoms with Gasteiger partial charge in [0.1, 0.15) is 0 Å². The third-order valence-electron chi connectivity index (χ3n) is 2.54. The van der Waals surface area contributed by atoms with Crippen molar-refractivity contribution in [2.24, 2.45) is 0 Å². The van der Waals surface area contributed by atoms with Crippen molar-refractivity contribution in [2.75, 3.05) is 6.26 Å². The highest BCUT2D eigenvalue weighted by Gasteiger charge is 2.21. The summed E-state index contributed by atoms with van der Waals surface area (Å²) < 4.78 is 23.3. The predicted molar refractivity (Wildman–Crippen MR) is 59.2 cm³/mol. The lowest BCUT2D eigenvalue weighted by atomic mass is 9.98. The Balaban J connectivity index is 2.74. The lowest BCUT2D eigenvalue weighted by Crippen LogP contribution is -2.14. The summed E-state index contributed by atoms with van der Waals surface area (Å²) in [6.45, 7) is 0. The zero-order chi connectivity index (χ0) is 11.1. The van der Waals surface area contributed by atoms with Crippen molar-refractivity contribution in [1.82, 2.24) is 9.97 Å². The van der Waals surface area contributed by atoms with E-state index < -0.39 is 9.84 Å². The van der Waals surface area contributed by atoms with E-state index in [1.807, 2.05) is 0 Å². The van der Waals surface area contributed by atoms with Crippen molar-refractivity contribution < 1.29 is 8.42 Å². The van der Waals surface area contributed by atoms with Crippen LogP contribution in [0.2, 0.25) is 0 Å². The van der Waals surface area contributed by atoms with Gasteiger partial charge >= 0.3 is 0 Å². The molecule has 1 aromatic heterocycles. The van der Waals surface area contributed by atoms with Crippen LogP contribution in [0.5, 0.6) is 0 Å². The van der Waals surface area contributed by atoms with Gasteiger partial charge in [-0.3, -0.25) is 0 Å². The molecule has 0 saturated heterocycles. The van der Waals surface area contributed by atoms with Crippen LogP contribution in [0.25, 0.3) is 0 Å². The molecule has 0 saturated carbocycles. The lowest BCUT2D eigenvalue weighted by molar-refractivity contribution is 0.586. The fourth-order valence-electron chi connectivity index (χ4n) is 1.90. The van der Waals surface area contributed by atoms with E-state index in [9.17, 15) is 8.42 Å². The van der Waals surface area contributed by atoms with Crippen LogP contribution in [0.3, 0.4) is 0 Å². The molecule has 0 aliphatic heterocycles. The lowest BCUT2D eigenvalue weighted by Gasteiger charge is -2.17. The molecule has 0 amide bonds. The first-order chi connectivity index (χ1) is 6.98. The monoisotopic (exact) mass is 244 g/mol. The molecule has 0 fully saturated rings. The Morgan fingerprint density at radius 2 is 2.00 bits per heavy atom. The van der Waals surface area contributed by atoms with Crippen LogP contribution in [0.1, 0.15) is 24.1 Å². The number of sulfone groups is 1. The van der Waals surface area contributed by atoms with Crippen LogP contribution < -0.4 is 0 Å². The Morgan fingerprint density at radius 3 is 2.67 bits per heavy atom. The van der Waals surface area contributed by atoms with Gasteiger partial charge in [-0.05, 0) is 37.9 Å². The summed E-state index contributed by atoms with van der Waals surface area (Å²) in [5.74, 6) is 0. The number of H-pyrrole nitrogens is 1. The molecule has 82 valence electrons. The first kappa shape index (κ1) is 10.8. The van der Waals surface area contributed by atoms with Crippen molar-refractivity contribution >= 4 is 22.1 Å². The summed E-state index contributed by atoms with van der Waals surface area (Å²) in [4.78, 5) is 6.91. The van der Waals surface area contributed by atoms with E-state index in [4.69, 9.17) is 12.2 Å². The van der Waals surface area contributed by atoms with Crippen LogP contribution in [0.15, 0.2) is 5.03 Å². The first-order valence-electron chi connectivity index (χ1n) is 4.80. The number of hydrogen-bond acceptors (Lipinski definition) is 4. The molecule has 1 aliphatic rings. The average molecular weight is 244 g/mol. The molecule has 0 radical (unpaired) electrons. The van der Waals surface area contributed by atoms with E-state index in [2.05, 4.69) is 9.97 Å². The maximum absolute atomic E-state index is 11.5. The van der Waals surface area contributed by atoms with Crippen molar-refractivity contribution in [2.45, 2.75) is 30.7 Å². The number of aromatic nitrogens is 2. The Hall–Kier alpha value is -0.750. The quantitative estimate of drug-likeness (QED) is 0.599. The van der Waals surface area contributed by atoms with Gasteiger partial charge in [0.2, 0.25) is 0 Å². The maximum atomic E-state index is 11.5. The third kappa shape index (κ3) is 2.10. The molecule has 0 aromatic carbocycles. The van der Waals surface area contributed by atoms with E-state index in [1.165, 1.54) is 6.26 Å². The minimum absolute atomic E-state index is 0.168. The summed E-state index contributed by atoms with van der Waals surface area (Å²) in [6.07, 6.45) is 4.91. The number of aromatic amines is 1. The Kier molecular flexibility index (Phi) is 2.64. The minimum atomic E-state index is -3.26. The largest absolute Gasteiger partial charge is 0.334 e. The fraction of sp³-hybridized carbons (Fsp3) is 0.556. The smallest absolute Gasteiger partial charge is 0.198 e. The van der Waals surface area contributed by atoms with Crippen LogP contribution in [-0.2, 0) is 22.7 Å². The number of aryl methyl sites for hydroxylation is 1. The minimum Gasteiger partial charge on any atom is -0.334 e. The molecule has 1 aliphatic carbocycles. The Morgan fingerprint density at radius 1 is 1.33 bits per heavy atom. The molecule has 15 heavy (non-hydrogen) atoms.